The van der Waals surface area contributed by atoms with Crippen molar-refractivity contribution < 1.29 is 16.8 Å². The third-order valence-electron chi connectivity index (χ3n) is 2.12. The van der Waals surface area contributed by atoms with Crippen LogP contribution in [0.4, 0.5) is 0 Å². The minimum absolute atomic E-state index is 0.0392. The van der Waals surface area contributed by atoms with E-state index >= 15 is 0 Å². The van der Waals surface area contributed by atoms with Gasteiger partial charge < -0.3 is 0 Å². The highest BCUT2D eigenvalue weighted by molar-refractivity contribution is 7.91. The van der Waals surface area contributed by atoms with Crippen LogP contribution in [0.2, 0.25) is 0 Å². The van der Waals surface area contributed by atoms with E-state index in [9.17, 15) is 16.8 Å². The largest absolute Gasteiger partial charge is 0.276 e. The van der Waals surface area contributed by atoms with Gasteiger partial charge in [-0.3, -0.25) is 0 Å². The molecule has 0 amide bonds. The molecule has 0 radical (unpaired) electrons. The molecule has 0 spiro atoms. The first-order valence-electron chi connectivity index (χ1n) is 3.68. The Balaban J connectivity index is 2.79. The van der Waals surface area contributed by atoms with Crippen LogP contribution in [0.5, 0.6) is 0 Å². The summed E-state index contributed by atoms with van der Waals surface area (Å²) in [6.45, 7) is 0. The maximum absolute atomic E-state index is 11.0. The number of nitrogens with two attached hydrogens (primary N) is 1. The predicted octanol–water partition coefficient (Wildman–Crippen LogP) is -1.69. The molecule has 1 aliphatic rings. The molecule has 1 fully saturated rings. The van der Waals surface area contributed by atoms with Gasteiger partial charge in [0.1, 0.15) is 0 Å². The van der Waals surface area contributed by atoms with E-state index in [0.29, 0.717) is 6.42 Å². The lowest BCUT2D eigenvalue weighted by Crippen LogP contribution is -2.41. The summed E-state index contributed by atoms with van der Waals surface area (Å²) < 4.78 is 44.6. The molecule has 1 rings (SSSR count). The van der Waals surface area contributed by atoms with Crippen LogP contribution in [0.25, 0.3) is 0 Å². The van der Waals surface area contributed by atoms with Crippen molar-refractivity contribution in [1.82, 2.24) is 4.31 Å². The van der Waals surface area contributed by atoms with Crippen LogP contribution in [0, 0.1) is 0 Å². The minimum Gasteiger partial charge on any atom is -0.229 e. The molecule has 6 nitrogen and oxygen atoms in total. The zero-order chi connectivity index (χ0) is 10.3. The molecule has 0 bridgehead atoms. The van der Waals surface area contributed by atoms with Crippen LogP contribution in [0.3, 0.4) is 0 Å². The summed E-state index contributed by atoms with van der Waals surface area (Å²) in [6, 6.07) is -0.500. The maximum Gasteiger partial charge on any atom is 0.276 e. The molecule has 0 aromatic heterocycles. The monoisotopic (exact) mass is 228 g/mol. The van der Waals surface area contributed by atoms with Crippen molar-refractivity contribution in [3.63, 3.8) is 0 Å². The molecule has 0 saturated carbocycles. The Hall–Kier alpha value is -0.180. The Bertz CT molecular complexity index is 385. The van der Waals surface area contributed by atoms with Gasteiger partial charge in [0.2, 0.25) is 0 Å². The van der Waals surface area contributed by atoms with Crippen molar-refractivity contribution in [3.05, 3.63) is 0 Å². The zero-order valence-corrected chi connectivity index (χ0v) is 8.81. The van der Waals surface area contributed by atoms with E-state index in [-0.39, 0.29) is 11.5 Å². The smallest absolute Gasteiger partial charge is 0.229 e. The van der Waals surface area contributed by atoms with Crippen molar-refractivity contribution in [2.75, 3.05) is 18.6 Å². The molecule has 0 aromatic carbocycles. The minimum atomic E-state index is -3.77. The second-order valence-electron chi connectivity index (χ2n) is 3.12. The molecular formula is C5H12N2O4S2. The molecule has 1 aliphatic heterocycles. The molecule has 1 atom stereocenters. The Morgan fingerprint density at radius 1 is 1.46 bits per heavy atom. The third kappa shape index (κ3) is 2.63. The molecule has 1 heterocycles. The normalized spacial score (nSPS) is 28.1. The Kier molecular flexibility index (Phi) is 2.68. The van der Waals surface area contributed by atoms with E-state index in [0.717, 1.165) is 4.31 Å². The van der Waals surface area contributed by atoms with E-state index in [1.54, 1.807) is 0 Å². The summed E-state index contributed by atoms with van der Waals surface area (Å²) in [6.07, 6.45) is 0.329. The highest BCUT2D eigenvalue weighted by atomic mass is 32.2. The van der Waals surface area contributed by atoms with Gasteiger partial charge in [0, 0.05) is 13.1 Å². The second-order valence-corrected chi connectivity index (χ2v) is 6.95. The number of hydrogen-bond acceptors (Lipinski definition) is 4. The van der Waals surface area contributed by atoms with Gasteiger partial charge in [0.25, 0.3) is 10.2 Å². The first-order valence-corrected chi connectivity index (χ1v) is 7.01. The maximum atomic E-state index is 11.0. The van der Waals surface area contributed by atoms with Crippen LogP contribution in [-0.4, -0.2) is 45.7 Å². The van der Waals surface area contributed by atoms with Crippen LogP contribution in [-0.2, 0) is 20.0 Å². The van der Waals surface area contributed by atoms with Crippen molar-refractivity contribution in [3.8, 4) is 0 Å². The fourth-order valence-electron chi connectivity index (χ4n) is 1.27. The predicted molar refractivity (Wildman–Crippen MR) is 47.9 cm³/mol. The van der Waals surface area contributed by atoms with Gasteiger partial charge in [-0.1, -0.05) is 0 Å². The average molecular weight is 228 g/mol. The van der Waals surface area contributed by atoms with Crippen LogP contribution >= 0.6 is 0 Å². The number of nitrogens with zero attached hydrogens (tertiary/aromatic N) is 1. The van der Waals surface area contributed by atoms with E-state index in [1.807, 2.05) is 0 Å². The fraction of sp³-hybridized carbons (Fsp3) is 1.00. The SMILES string of the molecule is CN(C1CCS(=O)(=O)C1)S(N)(=O)=O. The first kappa shape index (κ1) is 10.9. The van der Waals surface area contributed by atoms with Gasteiger partial charge in [-0.15, -0.1) is 0 Å². The van der Waals surface area contributed by atoms with Crippen LogP contribution in [0.15, 0.2) is 0 Å². The standard InChI is InChI=1S/C5H12N2O4S2/c1-7(13(6,10)11)5-2-3-12(8,9)4-5/h5H,2-4H2,1H3,(H2,6,10,11). The highest BCUT2D eigenvalue weighted by Gasteiger charge is 2.34. The summed E-state index contributed by atoms with van der Waals surface area (Å²) in [5.41, 5.74) is 0. The van der Waals surface area contributed by atoms with Gasteiger partial charge in [0.05, 0.1) is 11.5 Å². The first-order chi connectivity index (χ1) is 5.72. The summed E-state index contributed by atoms with van der Waals surface area (Å²) in [7, 11) is -5.54. The summed E-state index contributed by atoms with van der Waals surface area (Å²) in [5.74, 6) is -0.0859. The van der Waals surface area contributed by atoms with E-state index in [2.05, 4.69) is 0 Å². The zero-order valence-electron chi connectivity index (χ0n) is 7.17. The fourth-order valence-corrected chi connectivity index (χ4v) is 3.73. The molecule has 78 valence electrons. The summed E-state index contributed by atoms with van der Waals surface area (Å²) in [5, 5.41) is 4.85. The van der Waals surface area contributed by atoms with Crippen molar-refractivity contribution in [2.45, 2.75) is 12.5 Å². The quantitative estimate of drug-likeness (QED) is 0.609. The van der Waals surface area contributed by atoms with Gasteiger partial charge in [-0.05, 0) is 6.42 Å². The molecule has 1 unspecified atom stereocenters. The van der Waals surface area contributed by atoms with E-state index in [1.165, 1.54) is 7.05 Å². The third-order valence-corrected chi connectivity index (χ3v) is 4.98. The molecule has 0 aliphatic carbocycles. The Morgan fingerprint density at radius 2 is 2.00 bits per heavy atom. The average Bonchev–Trinajstić information content (AvgIpc) is 2.26. The Morgan fingerprint density at radius 3 is 2.31 bits per heavy atom. The van der Waals surface area contributed by atoms with E-state index < -0.39 is 26.1 Å². The van der Waals surface area contributed by atoms with Crippen molar-refractivity contribution in [1.29, 1.82) is 0 Å². The second kappa shape index (κ2) is 3.19. The number of sulfone groups is 1. The molecule has 2 N–H and O–H groups in total. The lowest BCUT2D eigenvalue weighted by Gasteiger charge is -2.19. The molecule has 13 heavy (non-hydrogen) atoms. The highest BCUT2D eigenvalue weighted by Crippen LogP contribution is 2.17. The van der Waals surface area contributed by atoms with Gasteiger partial charge >= 0.3 is 0 Å². The summed E-state index contributed by atoms with van der Waals surface area (Å²) >= 11 is 0. The van der Waals surface area contributed by atoms with Crippen molar-refractivity contribution >= 4 is 20.0 Å². The summed E-state index contributed by atoms with van der Waals surface area (Å²) in [4.78, 5) is 0. The van der Waals surface area contributed by atoms with Crippen LogP contribution in [0.1, 0.15) is 6.42 Å². The molecular weight excluding hydrogens is 216 g/mol. The molecule has 0 aromatic rings. The van der Waals surface area contributed by atoms with Crippen LogP contribution < -0.4 is 5.14 Å². The molecule has 8 heteroatoms. The number of rotatable bonds is 2. The van der Waals surface area contributed by atoms with E-state index in [4.69, 9.17) is 5.14 Å². The molecule has 1 saturated heterocycles. The van der Waals surface area contributed by atoms with Gasteiger partial charge in [-0.2, -0.15) is 12.7 Å². The lowest BCUT2D eigenvalue weighted by atomic mass is 10.3. The topological polar surface area (TPSA) is 97.5 Å². The van der Waals surface area contributed by atoms with Gasteiger partial charge in [-0.25, -0.2) is 13.6 Å². The number of hydrogen-bond donors (Lipinski definition) is 1. The van der Waals surface area contributed by atoms with Gasteiger partial charge in [0.15, 0.2) is 9.84 Å². The lowest BCUT2D eigenvalue weighted by molar-refractivity contribution is 0.394. The van der Waals surface area contributed by atoms with Crippen molar-refractivity contribution in [2.24, 2.45) is 5.14 Å². The Labute approximate surface area is 77.8 Å².